The highest BCUT2D eigenvalue weighted by molar-refractivity contribution is 5.13. The van der Waals surface area contributed by atoms with E-state index in [4.69, 9.17) is 10.5 Å². The van der Waals surface area contributed by atoms with Crippen LogP contribution in [0.3, 0.4) is 0 Å². The van der Waals surface area contributed by atoms with Crippen molar-refractivity contribution in [1.82, 2.24) is 0 Å². The van der Waals surface area contributed by atoms with Crippen molar-refractivity contribution in [2.24, 2.45) is 5.73 Å². The van der Waals surface area contributed by atoms with Crippen molar-refractivity contribution in [3.8, 4) is 0 Å². The summed E-state index contributed by atoms with van der Waals surface area (Å²) in [5.41, 5.74) is 7.14. The Hall–Kier alpha value is -1.32. The number of nitrogens with two attached hydrogens (primary N) is 1. The lowest BCUT2D eigenvalue weighted by Crippen LogP contribution is -2.32. The molecule has 0 aliphatic rings. The van der Waals surface area contributed by atoms with Gasteiger partial charge in [-0.1, -0.05) is 114 Å². The molecule has 0 unspecified atom stereocenters. The SMILES string of the molecule is CCCCCCCCCCCCCC[C@H](O)[C@@H](N)/C=C/OCc1ccccc1. The molecule has 1 aromatic rings. The maximum atomic E-state index is 10.2. The molecule has 0 spiro atoms. The summed E-state index contributed by atoms with van der Waals surface area (Å²) >= 11 is 0. The van der Waals surface area contributed by atoms with E-state index in [9.17, 15) is 5.11 Å². The summed E-state index contributed by atoms with van der Waals surface area (Å²) in [7, 11) is 0. The van der Waals surface area contributed by atoms with E-state index in [2.05, 4.69) is 6.92 Å². The Morgan fingerprint density at radius 3 is 1.96 bits per heavy atom. The maximum absolute atomic E-state index is 10.2. The molecule has 0 aliphatic heterocycles. The monoisotopic (exact) mass is 389 g/mol. The van der Waals surface area contributed by atoms with Crippen molar-refractivity contribution in [2.45, 2.75) is 109 Å². The Morgan fingerprint density at radius 1 is 0.857 bits per heavy atom. The van der Waals surface area contributed by atoms with E-state index in [0.29, 0.717) is 6.61 Å². The third-order valence-electron chi connectivity index (χ3n) is 5.29. The van der Waals surface area contributed by atoms with E-state index in [0.717, 1.165) is 18.4 Å². The fourth-order valence-electron chi connectivity index (χ4n) is 3.38. The first-order chi connectivity index (χ1) is 13.7. The van der Waals surface area contributed by atoms with Crippen LogP contribution >= 0.6 is 0 Å². The van der Waals surface area contributed by atoms with Crippen LogP contribution < -0.4 is 5.73 Å². The lowest BCUT2D eigenvalue weighted by atomic mass is 10.0. The van der Waals surface area contributed by atoms with Gasteiger partial charge in [-0.3, -0.25) is 0 Å². The van der Waals surface area contributed by atoms with E-state index in [1.54, 1.807) is 12.3 Å². The molecule has 28 heavy (non-hydrogen) atoms. The van der Waals surface area contributed by atoms with Gasteiger partial charge in [0.15, 0.2) is 0 Å². The van der Waals surface area contributed by atoms with Gasteiger partial charge >= 0.3 is 0 Å². The number of aliphatic hydroxyl groups is 1. The molecule has 2 atom stereocenters. The van der Waals surface area contributed by atoms with E-state index in [1.807, 2.05) is 30.3 Å². The topological polar surface area (TPSA) is 55.5 Å². The predicted octanol–water partition coefficient (Wildman–Crippen LogP) is 6.50. The van der Waals surface area contributed by atoms with Crippen molar-refractivity contribution in [3.05, 3.63) is 48.2 Å². The Bertz CT molecular complexity index is 475. The molecule has 1 rings (SSSR count). The van der Waals surface area contributed by atoms with Crippen LogP contribution in [0, 0.1) is 0 Å². The van der Waals surface area contributed by atoms with Gasteiger partial charge in [0.1, 0.15) is 6.61 Å². The van der Waals surface area contributed by atoms with Gasteiger partial charge in [0.2, 0.25) is 0 Å². The van der Waals surface area contributed by atoms with Gasteiger partial charge in [-0.05, 0) is 18.1 Å². The zero-order valence-electron chi connectivity index (χ0n) is 18.0. The minimum Gasteiger partial charge on any atom is -0.497 e. The van der Waals surface area contributed by atoms with E-state index < -0.39 is 6.10 Å². The van der Waals surface area contributed by atoms with Gasteiger partial charge in [-0.25, -0.2) is 0 Å². The van der Waals surface area contributed by atoms with Crippen LogP contribution in [0.1, 0.15) is 96.0 Å². The number of unbranched alkanes of at least 4 members (excludes halogenated alkanes) is 11. The summed E-state index contributed by atoms with van der Waals surface area (Å²) in [6.07, 6.45) is 19.6. The Kier molecular flexibility index (Phi) is 15.7. The largest absolute Gasteiger partial charge is 0.497 e. The smallest absolute Gasteiger partial charge is 0.112 e. The van der Waals surface area contributed by atoms with Crippen molar-refractivity contribution in [1.29, 1.82) is 0 Å². The number of hydrogen-bond donors (Lipinski definition) is 2. The van der Waals surface area contributed by atoms with Gasteiger partial charge in [-0.15, -0.1) is 0 Å². The first-order valence-electron chi connectivity index (χ1n) is 11.5. The molecule has 0 aromatic heterocycles. The second-order valence-electron chi connectivity index (χ2n) is 7.95. The van der Waals surface area contributed by atoms with Crippen LogP contribution in [0.15, 0.2) is 42.7 Å². The zero-order chi connectivity index (χ0) is 20.3. The molecular formula is C25H43NO2. The first-order valence-corrected chi connectivity index (χ1v) is 11.5. The highest BCUT2D eigenvalue weighted by atomic mass is 16.5. The molecule has 0 aliphatic carbocycles. The molecule has 0 bridgehead atoms. The quantitative estimate of drug-likeness (QED) is 0.223. The van der Waals surface area contributed by atoms with Crippen LogP contribution in [-0.2, 0) is 11.3 Å². The highest BCUT2D eigenvalue weighted by Crippen LogP contribution is 2.13. The average molecular weight is 390 g/mol. The van der Waals surface area contributed by atoms with Crippen molar-refractivity contribution in [2.75, 3.05) is 0 Å². The Labute approximate surface area is 173 Å². The Morgan fingerprint density at radius 2 is 1.39 bits per heavy atom. The minimum atomic E-state index is -0.486. The molecule has 0 saturated carbocycles. The summed E-state index contributed by atoms with van der Waals surface area (Å²) in [6, 6.07) is 9.66. The van der Waals surface area contributed by atoms with Gasteiger partial charge in [0.05, 0.1) is 18.4 Å². The number of ether oxygens (including phenoxy) is 1. The zero-order valence-corrected chi connectivity index (χ0v) is 18.0. The summed E-state index contributed by atoms with van der Waals surface area (Å²) in [5.74, 6) is 0. The van der Waals surface area contributed by atoms with E-state index in [-0.39, 0.29) is 6.04 Å². The van der Waals surface area contributed by atoms with Crippen LogP contribution in [0.4, 0.5) is 0 Å². The number of benzene rings is 1. The van der Waals surface area contributed by atoms with Gasteiger partial charge in [-0.2, -0.15) is 0 Å². The predicted molar refractivity (Wildman–Crippen MR) is 120 cm³/mol. The number of aliphatic hydroxyl groups excluding tert-OH is 1. The standard InChI is InChI=1S/C25H43NO2/c1-2-3-4-5-6-7-8-9-10-11-12-16-19-25(27)24(26)20-21-28-22-23-17-14-13-15-18-23/h13-15,17-18,20-21,24-25,27H,2-12,16,19,22,26H2,1H3/b21-20+/t24-,25-/m0/s1. The molecular weight excluding hydrogens is 346 g/mol. The normalized spacial score (nSPS) is 13.7. The van der Waals surface area contributed by atoms with Crippen LogP contribution in [-0.4, -0.2) is 17.3 Å². The molecule has 3 nitrogen and oxygen atoms in total. The fourth-order valence-corrected chi connectivity index (χ4v) is 3.38. The second kappa shape index (κ2) is 17.8. The van der Waals surface area contributed by atoms with E-state index in [1.165, 1.54) is 70.6 Å². The minimum absolute atomic E-state index is 0.358. The molecule has 0 amide bonds. The van der Waals surface area contributed by atoms with Crippen molar-refractivity contribution in [3.63, 3.8) is 0 Å². The molecule has 0 fully saturated rings. The molecule has 3 heteroatoms. The van der Waals surface area contributed by atoms with Gasteiger partial charge in [0.25, 0.3) is 0 Å². The second-order valence-corrected chi connectivity index (χ2v) is 7.95. The van der Waals surface area contributed by atoms with E-state index >= 15 is 0 Å². The first kappa shape index (κ1) is 24.7. The summed E-state index contributed by atoms with van der Waals surface area (Å²) < 4.78 is 5.49. The fraction of sp³-hybridized carbons (Fsp3) is 0.680. The maximum Gasteiger partial charge on any atom is 0.112 e. The highest BCUT2D eigenvalue weighted by Gasteiger charge is 2.11. The molecule has 0 radical (unpaired) electrons. The average Bonchev–Trinajstić information content (AvgIpc) is 2.72. The molecule has 0 heterocycles. The molecule has 1 aromatic carbocycles. The Balaban J connectivity index is 1.92. The molecule has 160 valence electrons. The summed E-state index contributed by atoms with van der Waals surface area (Å²) in [5, 5.41) is 10.2. The lowest BCUT2D eigenvalue weighted by molar-refractivity contribution is 0.144. The van der Waals surface area contributed by atoms with Crippen molar-refractivity contribution < 1.29 is 9.84 Å². The molecule has 0 saturated heterocycles. The van der Waals surface area contributed by atoms with Crippen molar-refractivity contribution >= 4 is 0 Å². The summed E-state index contributed by atoms with van der Waals surface area (Å²) in [4.78, 5) is 0. The number of rotatable bonds is 18. The molecule has 3 N–H and O–H groups in total. The summed E-state index contributed by atoms with van der Waals surface area (Å²) in [6.45, 7) is 2.80. The van der Waals surface area contributed by atoms with Crippen LogP contribution in [0.25, 0.3) is 0 Å². The third-order valence-corrected chi connectivity index (χ3v) is 5.29. The number of hydrogen-bond acceptors (Lipinski definition) is 3. The van der Waals surface area contributed by atoms with Crippen LogP contribution in [0.2, 0.25) is 0 Å². The van der Waals surface area contributed by atoms with Gasteiger partial charge in [0, 0.05) is 0 Å². The van der Waals surface area contributed by atoms with Crippen LogP contribution in [0.5, 0.6) is 0 Å². The third kappa shape index (κ3) is 13.8. The lowest BCUT2D eigenvalue weighted by Gasteiger charge is -2.15. The van der Waals surface area contributed by atoms with Gasteiger partial charge < -0.3 is 15.6 Å².